The van der Waals surface area contributed by atoms with Crippen molar-refractivity contribution in [2.75, 3.05) is 19.4 Å². The van der Waals surface area contributed by atoms with Gasteiger partial charge in [0.05, 0.1) is 12.2 Å². The van der Waals surface area contributed by atoms with E-state index in [2.05, 4.69) is 24.1 Å². The quantitative estimate of drug-likeness (QED) is 0.733. The number of nitrogens with zero attached hydrogens (tertiary/aromatic N) is 3. The van der Waals surface area contributed by atoms with Gasteiger partial charge in [-0.3, -0.25) is 9.79 Å². The first-order chi connectivity index (χ1) is 13.7. The Bertz CT molecular complexity index is 873. The Morgan fingerprint density at radius 3 is 3.03 bits per heavy atom. The van der Waals surface area contributed by atoms with Gasteiger partial charge in [0, 0.05) is 24.1 Å². The zero-order chi connectivity index (χ0) is 20.8. The molecule has 0 bridgehead atoms. The first kappa shape index (κ1) is 20.5. The molecule has 3 aliphatic rings. The van der Waals surface area contributed by atoms with Gasteiger partial charge in [0.2, 0.25) is 5.89 Å². The van der Waals surface area contributed by atoms with Gasteiger partial charge < -0.3 is 25.1 Å². The SMILES string of the molecule is CN1C(NC(=O)c2coc(CF)n2)=CSC1[C@]12COC(C)(C)C[C@H]1CSC(N)=N2. The van der Waals surface area contributed by atoms with Crippen molar-refractivity contribution in [1.82, 2.24) is 15.2 Å². The average Bonchev–Trinajstić information content (AvgIpc) is 3.29. The lowest BCUT2D eigenvalue weighted by Crippen LogP contribution is -2.62. The van der Waals surface area contributed by atoms with Crippen LogP contribution in [0.15, 0.2) is 26.9 Å². The fraction of sp³-hybridized carbons (Fsp3) is 0.611. The largest absolute Gasteiger partial charge is 0.445 e. The lowest BCUT2D eigenvalue weighted by atomic mass is 9.76. The number of halogens is 1. The van der Waals surface area contributed by atoms with E-state index in [4.69, 9.17) is 19.9 Å². The lowest BCUT2D eigenvalue weighted by Gasteiger charge is -2.52. The summed E-state index contributed by atoms with van der Waals surface area (Å²) in [7, 11) is 1.91. The van der Waals surface area contributed by atoms with Gasteiger partial charge in [-0.2, -0.15) is 0 Å². The molecule has 1 unspecified atom stereocenters. The lowest BCUT2D eigenvalue weighted by molar-refractivity contribution is -0.114. The van der Waals surface area contributed by atoms with E-state index in [0.29, 0.717) is 23.5 Å². The standard InChI is InChI=1S/C18H24FN5O3S2/c1-17(2)4-10-7-29-16(20)23-18(10,9-27-17)15-24(3)12(8-28-15)22-14(25)11-6-26-13(5-19)21-11/h6,8,10,15H,4-5,7,9H2,1-3H3,(H2,20,23)(H,22,25)/t10-,15?,18-/m0/s1. The summed E-state index contributed by atoms with van der Waals surface area (Å²) in [4.78, 5) is 23.2. The van der Waals surface area contributed by atoms with Crippen molar-refractivity contribution in [2.45, 2.75) is 43.5 Å². The van der Waals surface area contributed by atoms with Crippen LogP contribution in [0.25, 0.3) is 0 Å². The minimum Gasteiger partial charge on any atom is -0.445 e. The Kier molecular flexibility index (Phi) is 5.32. The summed E-state index contributed by atoms with van der Waals surface area (Å²) in [5.74, 6) is 1.24. The Morgan fingerprint density at radius 2 is 2.31 bits per heavy atom. The van der Waals surface area contributed by atoms with E-state index in [1.165, 1.54) is 0 Å². The van der Waals surface area contributed by atoms with Crippen LogP contribution in [0.2, 0.25) is 0 Å². The van der Waals surface area contributed by atoms with Crippen molar-refractivity contribution in [3.05, 3.63) is 29.1 Å². The maximum atomic E-state index is 12.6. The van der Waals surface area contributed by atoms with Gasteiger partial charge in [-0.15, -0.1) is 11.8 Å². The summed E-state index contributed by atoms with van der Waals surface area (Å²) in [5.41, 5.74) is 5.44. The first-order valence-corrected chi connectivity index (χ1v) is 11.2. The molecule has 11 heteroatoms. The van der Waals surface area contributed by atoms with E-state index in [9.17, 15) is 9.18 Å². The van der Waals surface area contributed by atoms with Gasteiger partial charge in [0.1, 0.15) is 23.0 Å². The first-order valence-electron chi connectivity index (χ1n) is 9.26. The number of carbonyl (C=O) groups is 1. The smallest absolute Gasteiger partial charge is 0.278 e. The Morgan fingerprint density at radius 1 is 1.52 bits per heavy atom. The number of aliphatic imine (C=N–C) groups is 1. The van der Waals surface area contributed by atoms with Crippen LogP contribution in [-0.2, 0) is 11.4 Å². The molecule has 3 atom stereocenters. The molecule has 29 heavy (non-hydrogen) atoms. The molecular weight excluding hydrogens is 417 g/mol. The zero-order valence-corrected chi connectivity index (χ0v) is 18.1. The molecule has 4 rings (SSSR count). The summed E-state index contributed by atoms with van der Waals surface area (Å²) < 4.78 is 23.7. The summed E-state index contributed by atoms with van der Waals surface area (Å²) in [6, 6.07) is 0. The Balaban J connectivity index is 1.53. The second-order valence-electron chi connectivity index (χ2n) is 8.02. The minimum atomic E-state index is -0.856. The van der Waals surface area contributed by atoms with E-state index >= 15 is 0 Å². The second-order valence-corrected chi connectivity index (χ2v) is 10.0. The monoisotopic (exact) mass is 441 g/mol. The van der Waals surface area contributed by atoms with Gasteiger partial charge in [-0.05, 0) is 20.3 Å². The number of nitrogens with two attached hydrogens (primary N) is 1. The molecule has 0 spiro atoms. The van der Waals surface area contributed by atoms with Crippen LogP contribution in [-0.4, -0.2) is 56.9 Å². The number of hydrogen-bond acceptors (Lipinski definition) is 9. The number of thioether (sulfide) groups is 2. The molecule has 0 aliphatic carbocycles. The third-order valence-electron chi connectivity index (χ3n) is 5.50. The van der Waals surface area contributed by atoms with Crippen LogP contribution in [0.5, 0.6) is 0 Å². The van der Waals surface area contributed by atoms with Crippen molar-refractivity contribution in [3.8, 4) is 0 Å². The average molecular weight is 442 g/mol. The second kappa shape index (κ2) is 7.51. The summed E-state index contributed by atoms with van der Waals surface area (Å²) in [6.45, 7) is 3.81. The number of nitrogens with one attached hydrogen (secondary N) is 1. The number of amides is 1. The highest BCUT2D eigenvalue weighted by atomic mass is 32.2. The number of likely N-dealkylation sites (N-methyl/N-ethyl adjacent to an activating group) is 1. The molecule has 3 aliphatic heterocycles. The van der Waals surface area contributed by atoms with Crippen molar-refractivity contribution < 1.29 is 18.3 Å². The predicted octanol–water partition coefficient (Wildman–Crippen LogP) is 2.29. The maximum Gasteiger partial charge on any atom is 0.278 e. The number of carbonyl (C=O) groups excluding carboxylic acids is 1. The third-order valence-corrected chi connectivity index (χ3v) is 7.80. The zero-order valence-electron chi connectivity index (χ0n) is 16.5. The van der Waals surface area contributed by atoms with E-state index in [0.717, 1.165) is 18.4 Å². The van der Waals surface area contributed by atoms with E-state index < -0.39 is 18.1 Å². The Labute approximate surface area is 176 Å². The van der Waals surface area contributed by atoms with Crippen LogP contribution in [0.3, 0.4) is 0 Å². The number of aromatic nitrogens is 1. The molecular formula is C18H24FN5O3S2. The van der Waals surface area contributed by atoms with E-state index in [1.807, 2.05) is 17.4 Å². The van der Waals surface area contributed by atoms with Gasteiger partial charge >= 0.3 is 0 Å². The Hall–Kier alpha value is -1.72. The number of rotatable bonds is 4. The molecule has 0 aromatic carbocycles. The summed E-state index contributed by atoms with van der Waals surface area (Å²) in [6.07, 6.45) is 2.04. The molecule has 1 saturated heterocycles. The van der Waals surface area contributed by atoms with Gasteiger partial charge in [-0.25, -0.2) is 9.37 Å². The van der Waals surface area contributed by atoms with Crippen molar-refractivity contribution in [1.29, 1.82) is 0 Å². The number of oxazole rings is 1. The number of fused-ring (bicyclic) bond motifs is 1. The maximum absolute atomic E-state index is 12.6. The fourth-order valence-corrected chi connectivity index (χ4v) is 6.33. The van der Waals surface area contributed by atoms with E-state index in [1.54, 1.807) is 23.5 Å². The van der Waals surface area contributed by atoms with Crippen LogP contribution in [0.4, 0.5) is 4.39 Å². The summed E-state index contributed by atoms with van der Waals surface area (Å²) >= 11 is 3.17. The summed E-state index contributed by atoms with van der Waals surface area (Å²) in [5, 5.41) is 5.21. The van der Waals surface area contributed by atoms with Crippen LogP contribution >= 0.6 is 23.5 Å². The molecule has 1 aromatic rings. The van der Waals surface area contributed by atoms with Crippen molar-refractivity contribution in [3.63, 3.8) is 0 Å². The van der Waals surface area contributed by atoms with Crippen molar-refractivity contribution >= 4 is 34.6 Å². The molecule has 3 N–H and O–H groups in total. The predicted molar refractivity (Wildman–Crippen MR) is 111 cm³/mol. The molecule has 158 valence electrons. The number of hydrogen-bond donors (Lipinski definition) is 2. The minimum absolute atomic E-state index is 0.0375. The highest BCUT2D eigenvalue weighted by Gasteiger charge is 2.56. The van der Waals surface area contributed by atoms with Crippen LogP contribution in [0.1, 0.15) is 36.6 Å². The van der Waals surface area contributed by atoms with Gasteiger partial charge in [0.25, 0.3) is 5.91 Å². The van der Waals surface area contributed by atoms with E-state index in [-0.39, 0.29) is 22.6 Å². The highest BCUT2D eigenvalue weighted by molar-refractivity contribution is 8.13. The fourth-order valence-electron chi connectivity index (χ4n) is 3.99. The van der Waals surface area contributed by atoms with Gasteiger partial charge in [-0.1, -0.05) is 11.8 Å². The number of ether oxygens (including phenoxy) is 1. The normalized spacial score (nSPS) is 31.1. The van der Waals surface area contributed by atoms with Crippen LogP contribution in [0, 0.1) is 5.92 Å². The molecule has 1 amide bonds. The third kappa shape index (κ3) is 3.75. The number of alkyl halides is 1. The topological polar surface area (TPSA) is 106 Å². The molecule has 4 heterocycles. The highest BCUT2D eigenvalue weighted by Crippen LogP contribution is 2.50. The van der Waals surface area contributed by atoms with Crippen molar-refractivity contribution in [2.24, 2.45) is 16.6 Å². The molecule has 0 saturated carbocycles. The molecule has 8 nitrogen and oxygen atoms in total. The van der Waals surface area contributed by atoms with Crippen LogP contribution < -0.4 is 11.1 Å². The molecule has 1 aromatic heterocycles. The number of amidine groups is 1. The molecule has 0 radical (unpaired) electrons. The molecule has 1 fully saturated rings. The van der Waals surface area contributed by atoms with Gasteiger partial charge in [0.15, 0.2) is 17.5 Å².